The summed E-state index contributed by atoms with van der Waals surface area (Å²) in [4.78, 5) is 23.7. The molecule has 0 aliphatic heterocycles. The molecule has 2 aromatic carbocycles. The van der Waals surface area contributed by atoms with Crippen LogP contribution in [0.1, 0.15) is 40.1 Å². The Balaban J connectivity index is 2.40. The van der Waals surface area contributed by atoms with Gasteiger partial charge in [0.2, 0.25) is 0 Å². The minimum absolute atomic E-state index is 0.0508. The van der Waals surface area contributed by atoms with E-state index in [-0.39, 0.29) is 28.5 Å². The molecule has 0 aromatic heterocycles. The average molecular weight is 299 g/mol. The fraction of sp³-hybridized carbons (Fsp3) is 0.176. The van der Waals surface area contributed by atoms with Crippen LogP contribution < -0.4 is 5.32 Å². The van der Waals surface area contributed by atoms with Crippen LogP contribution in [-0.2, 0) is 0 Å². The molecule has 0 heterocycles. The first-order valence-electron chi connectivity index (χ1n) is 6.86. The topological polar surface area (TPSA) is 86.6 Å². The molecule has 0 spiro atoms. The van der Waals surface area contributed by atoms with Crippen LogP contribution >= 0.6 is 0 Å². The number of phenols is 1. The van der Waals surface area contributed by atoms with Gasteiger partial charge in [0.25, 0.3) is 0 Å². The number of anilines is 1. The number of hydrogen-bond donors (Lipinski definition) is 3. The lowest BCUT2D eigenvalue weighted by Crippen LogP contribution is -2.11. The number of ketones is 1. The quantitative estimate of drug-likeness (QED) is 0.738. The highest BCUT2D eigenvalue weighted by atomic mass is 16.4. The van der Waals surface area contributed by atoms with Gasteiger partial charge in [-0.2, -0.15) is 0 Å². The maximum atomic E-state index is 12.5. The SMILES string of the molecule is CC(C)Nc1ccc(C(=O)c2ccccc2C(=O)O)c(O)c1. The van der Waals surface area contributed by atoms with E-state index in [1.54, 1.807) is 18.2 Å². The van der Waals surface area contributed by atoms with Crippen molar-refractivity contribution in [2.45, 2.75) is 19.9 Å². The maximum Gasteiger partial charge on any atom is 0.336 e. The Morgan fingerprint density at radius 3 is 2.18 bits per heavy atom. The molecule has 0 aliphatic rings. The van der Waals surface area contributed by atoms with E-state index in [1.165, 1.54) is 24.3 Å². The number of carbonyl (C=O) groups excluding carboxylic acids is 1. The zero-order valence-electron chi connectivity index (χ0n) is 12.3. The summed E-state index contributed by atoms with van der Waals surface area (Å²) in [6, 6.07) is 10.7. The Kier molecular flexibility index (Phi) is 4.46. The fourth-order valence-electron chi connectivity index (χ4n) is 2.16. The molecule has 2 aromatic rings. The van der Waals surface area contributed by atoms with Gasteiger partial charge in [-0.25, -0.2) is 4.79 Å². The van der Waals surface area contributed by atoms with E-state index >= 15 is 0 Å². The molecule has 114 valence electrons. The fourth-order valence-corrected chi connectivity index (χ4v) is 2.16. The summed E-state index contributed by atoms with van der Waals surface area (Å²) < 4.78 is 0. The molecule has 0 bridgehead atoms. The van der Waals surface area contributed by atoms with E-state index in [9.17, 15) is 14.7 Å². The van der Waals surface area contributed by atoms with Gasteiger partial charge in [0.15, 0.2) is 5.78 Å². The Bertz CT molecular complexity index is 722. The number of hydrogen-bond acceptors (Lipinski definition) is 4. The summed E-state index contributed by atoms with van der Waals surface area (Å²) in [6.45, 7) is 3.92. The summed E-state index contributed by atoms with van der Waals surface area (Å²) in [5, 5.41) is 22.3. The van der Waals surface area contributed by atoms with Crippen molar-refractivity contribution >= 4 is 17.4 Å². The molecular formula is C17H17NO4. The summed E-state index contributed by atoms with van der Waals surface area (Å²) in [7, 11) is 0. The lowest BCUT2D eigenvalue weighted by Gasteiger charge is -2.12. The largest absolute Gasteiger partial charge is 0.507 e. The second-order valence-corrected chi connectivity index (χ2v) is 5.21. The number of carboxylic acid groups (broad SMARTS) is 1. The summed E-state index contributed by atoms with van der Waals surface area (Å²) in [5.74, 6) is -1.89. The molecule has 0 saturated heterocycles. The number of nitrogens with one attached hydrogen (secondary N) is 1. The van der Waals surface area contributed by atoms with Crippen LogP contribution in [-0.4, -0.2) is 28.0 Å². The second-order valence-electron chi connectivity index (χ2n) is 5.21. The Hall–Kier alpha value is -2.82. The zero-order valence-corrected chi connectivity index (χ0v) is 12.3. The molecule has 0 saturated carbocycles. The molecule has 5 nitrogen and oxygen atoms in total. The van der Waals surface area contributed by atoms with Gasteiger partial charge in [-0.3, -0.25) is 4.79 Å². The highest BCUT2D eigenvalue weighted by Crippen LogP contribution is 2.26. The van der Waals surface area contributed by atoms with E-state index in [0.717, 1.165) is 0 Å². The van der Waals surface area contributed by atoms with Crippen LogP contribution in [0.5, 0.6) is 5.75 Å². The van der Waals surface area contributed by atoms with Gasteiger partial charge in [0, 0.05) is 23.4 Å². The van der Waals surface area contributed by atoms with Gasteiger partial charge in [0.1, 0.15) is 5.75 Å². The molecule has 0 radical (unpaired) electrons. The summed E-state index contributed by atoms with van der Waals surface area (Å²) in [5.41, 5.74) is 0.727. The molecule has 0 aliphatic carbocycles. The van der Waals surface area contributed by atoms with Gasteiger partial charge >= 0.3 is 5.97 Å². The number of aromatic carboxylic acids is 1. The zero-order chi connectivity index (χ0) is 16.3. The van der Waals surface area contributed by atoms with Crippen molar-refractivity contribution in [1.82, 2.24) is 0 Å². The first-order chi connectivity index (χ1) is 10.4. The minimum atomic E-state index is -1.18. The highest BCUT2D eigenvalue weighted by Gasteiger charge is 2.20. The number of rotatable bonds is 5. The monoisotopic (exact) mass is 299 g/mol. The van der Waals surface area contributed by atoms with Crippen molar-refractivity contribution in [3.8, 4) is 5.75 Å². The summed E-state index contributed by atoms with van der Waals surface area (Å²) in [6.07, 6.45) is 0. The van der Waals surface area contributed by atoms with Crippen molar-refractivity contribution in [1.29, 1.82) is 0 Å². The van der Waals surface area contributed by atoms with Crippen LogP contribution in [0.3, 0.4) is 0 Å². The van der Waals surface area contributed by atoms with Crippen LogP contribution in [0.15, 0.2) is 42.5 Å². The van der Waals surface area contributed by atoms with Crippen LogP contribution in [0.2, 0.25) is 0 Å². The average Bonchev–Trinajstić information content (AvgIpc) is 2.46. The third-order valence-corrected chi connectivity index (χ3v) is 3.10. The third kappa shape index (κ3) is 3.25. The van der Waals surface area contributed by atoms with E-state index in [2.05, 4.69) is 5.32 Å². The van der Waals surface area contributed by atoms with Crippen molar-refractivity contribution in [2.75, 3.05) is 5.32 Å². The Labute approximate surface area is 128 Å². The van der Waals surface area contributed by atoms with E-state index < -0.39 is 11.8 Å². The third-order valence-electron chi connectivity index (χ3n) is 3.10. The molecule has 0 atom stereocenters. The minimum Gasteiger partial charge on any atom is -0.507 e. The predicted octanol–water partition coefficient (Wildman–Crippen LogP) is 3.14. The first kappa shape index (κ1) is 15.6. The highest BCUT2D eigenvalue weighted by molar-refractivity contribution is 6.15. The molecule has 3 N–H and O–H groups in total. The molecule has 0 fully saturated rings. The molecule has 2 rings (SSSR count). The van der Waals surface area contributed by atoms with Gasteiger partial charge in [0.05, 0.1) is 11.1 Å². The first-order valence-corrected chi connectivity index (χ1v) is 6.86. The van der Waals surface area contributed by atoms with Crippen LogP contribution in [0.25, 0.3) is 0 Å². The van der Waals surface area contributed by atoms with Gasteiger partial charge < -0.3 is 15.5 Å². The molecule has 22 heavy (non-hydrogen) atoms. The lowest BCUT2D eigenvalue weighted by atomic mass is 9.97. The summed E-state index contributed by atoms with van der Waals surface area (Å²) >= 11 is 0. The number of carbonyl (C=O) groups is 2. The standard InChI is InChI=1S/C17H17NO4/c1-10(2)18-11-7-8-14(15(19)9-11)16(20)12-5-3-4-6-13(12)17(21)22/h3-10,18-19H,1-2H3,(H,21,22). The van der Waals surface area contributed by atoms with Gasteiger partial charge in [-0.05, 0) is 32.0 Å². The smallest absolute Gasteiger partial charge is 0.336 e. The van der Waals surface area contributed by atoms with Crippen molar-refractivity contribution in [2.24, 2.45) is 0 Å². The van der Waals surface area contributed by atoms with Crippen molar-refractivity contribution in [3.63, 3.8) is 0 Å². The van der Waals surface area contributed by atoms with Crippen molar-refractivity contribution in [3.05, 3.63) is 59.2 Å². The number of phenolic OH excluding ortho intramolecular Hbond substituents is 1. The lowest BCUT2D eigenvalue weighted by molar-refractivity contribution is 0.0692. The normalized spacial score (nSPS) is 10.5. The van der Waals surface area contributed by atoms with Crippen molar-refractivity contribution < 1.29 is 19.8 Å². The Morgan fingerprint density at radius 2 is 1.64 bits per heavy atom. The molecule has 5 heteroatoms. The molecule has 0 amide bonds. The second kappa shape index (κ2) is 6.30. The van der Waals surface area contributed by atoms with E-state index in [0.29, 0.717) is 5.69 Å². The predicted molar refractivity (Wildman–Crippen MR) is 83.7 cm³/mol. The number of carboxylic acids is 1. The number of aromatic hydroxyl groups is 1. The van der Waals surface area contributed by atoms with Crippen LogP contribution in [0.4, 0.5) is 5.69 Å². The molecule has 0 unspecified atom stereocenters. The van der Waals surface area contributed by atoms with Gasteiger partial charge in [-0.1, -0.05) is 18.2 Å². The van der Waals surface area contributed by atoms with E-state index in [4.69, 9.17) is 5.11 Å². The van der Waals surface area contributed by atoms with Gasteiger partial charge in [-0.15, -0.1) is 0 Å². The maximum absolute atomic E-state index is 12.5. The molecular weight excluding hydrogens is 282 g/mol. The van der Waals surface area contributed by atoms with Crippen LogP contribution in [0, 0.1) is 0 Å². The Morgan fingerprint density at radius 1 is 1.00 bits per heavy atom. The van der Waals surface area contributed by atoms with E-state index in [1.807, 2.05) is 13.8 Å². The number of benzene rings is 2.